The molecule has 2 heteroatoms. The second-order valence-electron chi connectivity index (χ2n) is 3.33. The fourth-order valence-electron chi connectivity index (χ4n) is 0.910. The molecular weight excluding hydrogens is 140 g/mol. The van der Waals surface area contributed by atoms with E-state index >= 15 is 0 Å². The molecule has 0 radical (unpaired) electrons. The number of hydrogen-bond acceptors (Lipinski definition) is 2. The molecule has 0 unspecified atom stereocenters. The molecule has 1 aliphatic rings. The zero-order chi connectivity index (χ0) is 8.48. The Balaban J connectivity index is 2.44. The summed E-state index contributed by atoms with van der Waals surface area (Å²) in [6, 6.07) is 0. The Kier molecular flexibility index (Phi) is 1.94. The van der Waals surface area contributed by atoms with E-state index in [1.165, 1.54) is 6.08 Å². The van der Waals surface area contributed by atoms with E-state index in [-0.39, 0.29) is 23.4 Å². The summed E-state index contributed by atoms with van der Waals surface area (Å²) >= 11 is 0. The molecule has 60 valence electrons. The minimum absolute atomic E-state index is 0.0417. The lowest BCUT2D eigenvalue weighted by atomic mass is 9.99. The van der Waals surface area contributed by atoms with Crippen molar-refractivity contribution in [2.75, 3.05) is 0 Å². The van der Waals surface area contributed by atoms with E-state index < -0.39 is 0 Å². The van der Waals surface area contributed by atoms with E-state index in [4.69, 9.17) is 0 Å². The Hall–Kier alpha value is -0.920. The molecule has 0 atom stereocenters. The fraction of sp³-hybridized carbons (Fsp3) is 0.556. The van der Waals surface area contributed by atoms with Crippen LogP contribution in [0.15, 0.2) is 12.7 Å². The van der Waals surface area contributed by atoms with Gasteiger partial charge in [-0.2, -0.15) is 0 Å². The molecule has 0 amide bonds. The largest absolute Gasteiger partial charge is 0.299 e. The molecule has 0 aromatic heterocycles. The van der Waals surface area contributed by atoms with Crippen molar-refractivity contribution >= 4 is 11.6 Å². The standard InChI is InChI=1S/C9H12O2/c1-3-7(10)6-8(11)9(2)4-5-9/h3H,1,4-6H2,2H3. The molecule has 0 heterocycles. The molecule has 1 aliphatic carbocycles. The van der Waals surface area contributed by atoms with Crippen molar-refractivity contribution in [3.8, 4) is 0 Å². The van der Waals surface area contributed by atoms with Crippen LogP contribution >= 0.6 is 0 Å². The summed E-state index contributed by atoms with van der Waals surface area (Å²) < 4.78 is 0. The molecule has 1 rings (SSSR count). The highest BCUT2D eigenvalue weighted by Gasteiger charge is 2.44. The summed E-state index contributed by atoms with van der Waals surface area (Å²) in [5.74, 6) is -0.0921. The topological polar surface area (TPSA) is 34.1 Å². The molecular formula is C9H12O2. The smallest absolute Gasteiger partial charge is 0.162 e. The van der Waals surface area contributed by atoms with Crippen molar-refractivity contribution in [1.29, 1.82) is 0 Å². The molecule has 1 saturated carbocycles. The number of ketones is 2. The van der Waals surface area contributed by atoms with Gasteiger partial charge in [-0.05, 0) is 18.9 Å². The third-order valence-electron chi connectivity index (χ3n) is 2.24. The minimum atomic E-state index is -0.168. The van der Waals surface area contributed by atoms with E-state index in [0.29, 0.717) is 0 Å². The van der Waals surface area contributed by atoms with Gasteiger partial charge >= 0.3 is 0 Å². The predicted molar refractivity (Wildman–Crippen MR) is 42.2 cm³/mol. The lowest BCUT2D eigenvalue weighted by Crippen LogP contribution is -2.14. The highest BCUT2D eigenvalue weighted by molar-refractivity contribution is 6.06. The molecule has 0 N–H and O–H groups in total. The Morgan fingerprint density at radius 2 is 2.09 bits per heavy atom. The van der Waals surface area contributed by atoms with Crippen molar-refractivity contribution in [2.45, 2.75) is 26.2 Å². The maximum Gasteiger partial charge on any atom is 0.162 e. The van der Waals surface area contributed by atoms with Crippen molar-refractivity contribution in [2.24, 2.45) is 5.41 Å². The first-order valence-corrected chi connectivity index (χ1v) is 3.77. The lowest BCUT2D eigenvalue weighted by Gasteiger charge is -2.03. The first kappa shape index (κ1) is 8.18. The Bertz CT molecular complexity index is 212. The van der Waals surface area contributed by atoms with Crippen LogP contribution in [0, 0.1) is 5.41 Å². The zero-order valence-corrected chi connectivity index (χ0v) is 6.72. The van der Waals surface area contributed by atoms with Gasteiger partial charge in [0.25, 0.3) is 0 Å². The fourth-order valence-corrected chi connectivity index (χ4v) is 0.910. The summed E-state index contributed by atoms with van der Waals surface area (Å²) in [7, 11) is 0. The Morgan fingerprint density at radius 1 is 1.55 bits per heavy atom. The second-order valence-corrected chi connectivity index (χ2v) is 3.33. The third-order valence-corrected chi connectivity index (χ3v) is 2.24. The molecule has 2 nitrogen and oxygen atoms in total. The van der Waals surface area contributed by atoms with Gasteiger partial charge < -0.3 is 0 Å². The van der Waals surface area contributed by atoms with Gasteiger partial charge in [0.05, 0.1) is 6.42 Å². The van der Waals surface area contributed by atoms with Gasteiger partial charge in [0, 0.05) is 5.41 Å². The van der Waals surface area contributed by atoms with Gasteiger partial charge in [-0.25, -0.2) is 0 Å². The van der Waals surface area contributed by atoms with Gasteiger partial charge in [-0.15, -0.1) is 0 Å². The zero-order valence-electron chi connectivity index (χ0n) is 6.72. The maximum atomic E-state index is 11.2. The number of allylic oxidation sites excluding steroid dienone is 1. The number of hydrogen-bond donors (Lipinski definition) is 0. The van der Waals surface area contributed by atoms with Gasteiger partial charge in [-0.3, -0.25) is 9.59 Å². The van der Waals surface area contributed by atoms with Crippen LogP contribution in [0.3, 0.4) is 0 Å². The molecule has 0 bridgehead atoms. The molecule has 0 aromatic carbocycles. The van der Waals surface area contributed by atoms with Crippen LogP contribution in [0.4, 0.5) is 0 Å². The van der Waals surface area contributed by atoms with E-state index in [0.717, 1.165) is 12.8 Å². The van der Waals surface area contributed by atoms with E-state index in [1.807, 2.05) is 6.92 Å². The van der Waals surface area contributed by atoms with Crippen LogP contribution in [-0.2, 0) is 9.59 Å². The van der Waals surface area contributed by atoms with Crippen LogP contribution in [0.25, 0.3) is 0 Å². The first-order chi connectivity index (χ1) is 5.08. The van der Waals surface area contributed by atoms with E-state index in [1.54, 1.807) is 0 Å². The highest BCUT2D eigenvalue weighted by atomic mass is 16.1. The van der Waals surface area contributed by atoms with E-state index in [9.17, 15) is 9.59 Å². The summed E-state index contributed by atoms with van der Waals surface area (Å²) in [5, 5.41) is 0. The van der Waals surface area contributed by atoms with Crippen molar-refractivity contribution in [1.82, 2.24) is 0 Å². The SMILES string of the molecule is C=CC(=O)CC(=O)C1(C)CC1. The van der Waals surface area contributed by atoms with Gasteiger partial charge in [0.2, 0.25) is 0 Å². The van der Waals surface area contributed by atoms with Gasteiger partial charge in [0.1, 0.15) is 5.78 Å². The van der Waals surface area contributed by atoms with Crippen LogP contribution in [0.2, 0.25) is 0 Å². The molecule has 0 aliphatic heterocycles. The average molecular weight is 152 g/mol. The van der Waals surface area contributed by atoms with Gasteiger partial charge in [-0.1, -0.05) is 13.5 Å². The minimum Gasteiger partial charge on any atom is -0.299 e. The maximum absolute atomic E-state index is 11.2. The van der Waals surface area contributed by atoms with Gasteiger partial charge in [0.15, 0.2) is 5.78 Å². The molecule has 1 fully saturated rings. The van der Waals surface area contributed by atoms with Crippen LogP contribution in [0.5, 0.6) is 0 Å². The number of Topliss-reactive ketones (excluding diaryl/α,β-unsaturated/α-hetero) is 1. The Labute approximate surface area is 66.3 Å². The summed E-state index contributed by atoms with van der Waals surface area (Å²) in [5.41, 5.74) is -0.168. The lowest BCUT2D eigenvalue weighted by molar-refractivity contribution is -0.128. The number of rotatable bonds is 4. The normalized spacial score (nSPS) is 19.0. The first-order valence-electron chi connectivity index (χ1n) is 3.77. The Morgan fingerprint density at radius 3 is 2.45 bits per heavy atom. The van der Waals surface area contributed by atoms with E-state index in [2.05, 4.69) is 6.58 Å². The monoisotopic (exact) mass is 152 g/mol. The predicted octanol–water partition coefficient (Wildman–Crippen LogP) is 1.50. The highest BCUT2D eigenvalue weighted by Crippen LogP contribution is 2.46. The summed E-state index contributed by atoms with van der Waals surface area (Å²) in [6.45, 7) is 5.22. The summed E-state index contributed by atoms with van der Waals surface area (Å²) in [4.78, 5) is 22.0. The van der Waals surface area contributed by atoms with Crippen molar-refractivity contribution in [3.63, 3.8) is 0 Å². The average Bonchev–Trinajstić information content (AvgIpc) is 2.69. The molecule has 11 heavy (non-hydrogen) atoms. The molecule has 0 spiro atoms. The second kappa shape index (κ2) is 2.61. The third kappa shape index (κ3) is 1.76. The number of carbonyl (C=O) groups excluding carboxylic acids is 2. The number of carbonyl (C=O) groups is 2. The van der Waals surface area contributed by atoms with Crippen molar-refractivity contribution in [3.05, 3.63) is 12.7 Å². The molecule has 0 aromatic rings. The quantitative estimate of drug-likeness (QED) is 0.452. The molecule has 0 saturated heterocycles. The van der Waals surface area contributed by atoms with Crippen LogP contribution < -0.4 is 0 Å². The van der Waals surface area contributed by atoms with Crippen LogP contribution in [-0.4, -0.2) is 11.6 Å². The summed E-state index contributed by atoms with van der Waals surface area (Å²) in [6.07, 6.45) is 3.14. The van der Waals surface area contributed by atoms with Crippen molar-refractivity contribution < 1.29 is 9.59 Å². The van der Waals surface area contributed by atoms with Crippen LogP contribution in [0.1, 0.15) is 26.2 Å².